The number of aromatic nitrogens is 2. The van der Waals surface area contributed by atoms with Crippen LogP contribution in [0.4, 0.5) is 0 Å². The predicted octanol–water partition coefficient (Wildman–Crippen LogP) is 4.18. The van der Waals surface area contributed by atoms with Gasteiger partial charge in [0.25, 0.3) is 5.56 Å². The lowest BCUT2D eigenvalue weighted by Crippen LogP contribution is -2.09. The molecule has 0 saturated carbocycles. The smallest absolute Gasteiger partial charge is 0.267 e. The van der Waals surface area contributed by atoms with Gasteiger partial charge in [-0.05, 0) is 30.4 Å². The molecule has 0 spiro atoms. The lowest BCUT2D eigenvalue weighted by molar-refractivity contribution is 0.587. The zero-order valence-electron chi connectivity index (χ0n) is 13.0. The Balaban J connectivity index is 1.98. The van der Waals surface area contributed by atoms with Crippen LogP contribution >= 0.6 is 0 Å². The first-order valence-electron chi connectivity index (χ1n) is 7.72. The van der Waals surface area contributed by atoms with E-state index in [0.717, 1.165) is 23.1 Å². The van der Waals surface area contributed by atoms with Crippen molar-refractivity contribution in [3.63, 3.8) is 0 Å². The molecule has 3 nitrogen and oxygen atoms in total. The van der Waals surface area contributed by atoms with Crippen LogP contribution in [0.2, 0.25) is 0 Å². The highest BCUT2D eigenvalue weighted by Gasteiger charge is 2.08. The molecule has 0 aliphatic rings. The summed E-state index contributed by atoms with van der Waals surface area (Å²) in [7, 11) is 0. The van der Waals surface area contributed by atoms with Gasteiger partial charge >= 0.3 is 0 Å². The van der Waals surface area contributed by atoms with Crippen LogP contribution in [-0.4, -0.2) is 10.2 Å². The molecule has 0 aliphatic heterocycles. The zero-order chi connectivity index (χ0) is 15.5. The van der Waals surface area contributed by atoms with Crippen LogP contribution in [0.5, 0.6) is 0 Å². The second-order valence-electron chi connectivity index (χ2n) is 6.08. The van der Waals surface area contributed by atoms with E-state index < -0.39 is 0 Å². The van der Waals surface area contributed by atoms with Gasteiger partial charge in [-0.2, -0.15) is 5.10 Å². The highest BCUT2D eigenvalue weighted by molar-refractivity contribution is 5.93. The second kappa shape index (κ2) is 6.14. The van der Waals surface area contributed by atoms with E-state index in [4.69, 9.17) is 0 Å². The molecular weight excluding hydrogens is 272 g/mol. The number of hydrogen-bond donors (Lipinski definition) is 1. The fourth-order valence-corrected chi connectivity index (χ4v) is 2.62. The molecule has 0 fully saturated rings. The summed E-state index contributed by atoms with van der Waals surface area (Å²) < 4.78 is 0. The monoisotopic (exact) mass is 292 g/mol. The second-order valence-corrected chi connectivity index (χ2v) is 6.08. The maximum atomic E-state index is 11.8. The summed E-state index contributed by atoms with van der Waals surface area (Å²) in [4.78, 5) is 11.8. The van der Waals surface area contributed by atoms with Crippen molar-refractivity contribution in [1.29, 1.82) is 0 Å². The van der Waals surface area contributed by atoms with Crippen LogP contribution in [-0.2, 0) is 6.42 Å². The molecule has 3 aromatic rings. The third kappa shape index (κ3) is 2.93. The molecule has 1 N–H and O–H groups in total. The van der Waals surface area contributed by atoms with Crippen LogP contribution < -0.4 is 5.56 Å². The first-order valence-corrected chi connectivity index (χ1v) is 7.72. The minimum absolute atomic E-state index is 0.145. The molecule has 3 heteroatoms. The van der Waals surface area contributed by atoms with Gasteiger partial charge in [0.2, 0.25) is 0 Å². The fourth-order valence-electron chi connectivity index (χ4n) is 2.62. The van der Waals surface area contributed by atoms with E-state index in [0.29, 0.717) is 11.3 Å². The summed E-state index contributed by atoms with van der Waals surface area (Å²) in [5.74, 6) is 0.712. The van der Waals surface area contributed by atoms with E-state index in [2.05, 4.69) is 48.3 Å². The Bertz CT molecular complexity index is 832. The zero-order valence-corrected chi connectivity index (χ0v) is 13.0. The van der Waals surface area contributed by atoms with Crippen LogP contribution in [0.15, 0.2) is 53.3 Å². The summed E-state index contributed by atoms with van der Waals surface area (Å²) in [6.45, 7) is 4.48. The molecule has 0 radical (unpaired) electrons. The van der Waals surface area contributed by atoms with E-state index in [-0.39, 0.29) is 5.56 Å². The van der Waals surface area contributed by atoms with E-state index in [1.54, 1.807) is 0 Å². The van der Waals surface area contributed by atoms with Gasteiger partial charge in [-0.25, -0.2) is 5.10 Å². The average Bonchev–Trinajstić information content (AvgIpc) is 2.54. The van der Waals surface area contributed by atoms with Crippen LogP contribution in [0.25, 0.3) is 22.0 Å². The SMILES string of the molecule is CC(C)CCc1ccc(-c2n[nH]c(=O)c3ccccc23)cc1. The van der Waals surface area contributed by atoms with E-state index >= 15 is 0 Å². The van der Waals surface area contributed by atoms with Crippen molar-refractivity contribution < 1.29 is 0 Å². The number of H-pyrrole nitrogens is 1. The van der Waals surface area contributed by atoms with Crippen LogP contribution in [0.1, 0.15) is 25.8 Å². The summed E-state index contributed by atoms with van der Waals surface area (Å²) >= 11 is 0. The third-order valence-electron chi connectivity index (χ3n) is 3.93. The Hall–Kier alpha value is -2.42. The third-order valence-corrected chi connectivity index (χ3v) is 3.93. The van der Waals surface area contributed by atoms with E-state index in [9.17, 15) is 4.79 Å². The number of benzene rings is 2. The predicted molar refractivity (Wildman–Crippen MR) is 91.0 cm³/mol. The molecule has 0 aliphatic carbocycles. The number of hydrogen-bond acceptors (Lipinski definition) is 2. The van der Waals surface area contributed by atoms with Crippen molar-refractivity contribution in [2.24, 2.45) is 5.92 Å². The quantitative estimate of drug-likeness (QED) is 0.784. The number of nitrogens with zero attached hydrogens (tertiary/aromatic N) is 1. The van der Waals surface area contributed by atoms with E-state index in [1.807, 2.05) is 24.3 Å². The molecule has 0 bridgehead atoms. The number of aromatic amines is 1. The molecular formula is C19H20N2O. The standard InChI is InChI=1S/C19H20N2O/c1-13(2)7-8-14-9-11-15(12-10-14)18-16-5-3-4-6-17(16)19(22)21-20-18/h3-6,9-13H,7-8H2,1-2H3,(H,21,22). The Morgan fingerprint density at radius 2 is 1.68 bits per heavy atom. The minimum Gasteiger partial charge on any atom is -0.267 e. The van der Waals surface area contributed by atoms with Crippen molar-refractivity contribution in [2.75, 3.05) is 0 Å². The normalized spacial score (nSPS) is 11.2. The van der Waals surface area contributed by atoms with Crippen molar-refractivity contribution in [1.82, 2.24) is 10.2 Å². The topological polar surface area (TPSA) is 45.8 Å². The van der Waals surface area contributed by atoms with Crippen molar-refractivity contribution >= 4 is 10.8 Å². The molecule has 2 aromatic carbocycles. The van der Waals surface area contributed by atoms with Crippen LogP contribution in [0.3, 0.4) is 0 Å². The molecule has 0 atom stereocenters. The van der Waals surface area contributed by atoms with Gasteiger partial charge in [-0.3, -0.25) is 4.79 Å². The molecule has 0 unspecified atom stereocenters. The Morgan fingerprint density at radius 3 is 2.36 bits per heavy atom. The first-order chi connectivity index (χ1) is 10.6. The Morgan fingerprint density at radius 1 is 1.00 bits per heavy atom. The fraction of sp³-hybridized carbons (Fsp3) is 0.263. The van der Waals surface area contributed by atoms with Gasteiger partial charge in [0.1, 0.15) is 0 Å². The largest absolute Gasteiger partial charge is 0.272 e. The van der Waals surface area contributed by atoms with Gasteiger partial charge in [-0.1, -0.05) is 56.3 Å². The summed E-state index contributed by atoms with van der Waals surface area (Å²) in [5, 5.41) is 8.40. The molecule has 112 valence electrons. The summed E-state index contributed by atoms with van der Waals surface area (Å²) in [6, 6.07) is 16.1. The van der Waals surface area contributed by atoms with Gasteiger partial charge in [0.05, 0.1) is 11.1 Å². The summed E-state index contributed by atoms with van der Waals surface area (Å²) in [5.41, 5.74) is 3.05. The molecule has 1 aromatic heterocycles. The number of nitrogens with one attached hydrogen (secondary N) is 1. The van der Waals surface area contributed by atoms with E-state index in [1.165, 1.54) is 12.0 Å². The lowest BCUT2D eigenvalue weighted by Gasteiger charge is -2.07. The number of fused-ring (bicyclic) bond motifs is 1. The number of aryl methyl sites for hydroxylation is 1. The van der Waals surface area contributed by atoms with Crippen LogP contribution in [0, 0.1) is 5.92 Å². The summed E-state index contributed by atoms with van der Waals surface area (Å²) in [6.07, 6.45) is 2.29. The van der Waals surface area contributed by atoms with Gasteiger partial charge < -0.3 is 0 Å². The highest BCUT2D eigenvalue weighted by atomic mass is 16.1. The maximum absolute atomic E-state index is 11.8. The maximum Gasteiger partial charge on any atom is 0.272 e. The highest BCUT2D eigenvalue weighted by Crippen LogP contribution is 2.24. The average molecular weight is 292 g/mol. The van der Waals surface area contributed by atoms with Crippen molar-refractivity contribution in [3.05, 3.63) is 64.4 Å². The van der Waals surface area contributed by atoms with Gasteiger partial charge in [0, 0.05) is 10.9 Å². The molecule has 3 rings (SSSR count). The Kier molecular flexibility index (Phi) is 4.05. The lowest BCUT2D eigenvalue weighted by atomic mass is 10.00. The molecule has 1 heterocycles. The number of rotatable bonds is 4. The Labute approximate surface area is 130 Å². The van der Waals surface area contributed by atoms with Crippen molar-refractivity contribution in [2.45, 2.75) is 26.7 Å². The van der Waals surface area contributed by atoms with Gasteiger partial charge in [0.15, 0.2) is 0 Å². The molecule has 22 heavy (non-hydrogen) atoms. The minimum atomic E-state index is -0.145. The van der Waals surface area contributed by atoms with Crippen molar-refractivity contribution in [3.8, 4) is 11.3 Å². The molecule has 0 saturated heterocycles. The van der Waals surface area contributed by atoms with Gasteiger partial charge in [-0.15, -0.1) is 0 Å². The molecule has 0 amide bonds. The first kappa shape index (κ1) is 14.5.